The van der Waals surface area contributed by atoms with Gasteiger partial charge in [0.1, 0.15) is 0 Å². The van der Waals surface area contributed by atoms with E-state index in [9.17, 15) is 0 Å². The van der Waals surface area contributed by atoms with Crippen LogP contribution in [0.3, 0.4) is 0 Å². The van der Waals surface area contributed by atoms with E-state index < -0.39 is 0 Å². The van der Waals surface area contributed by atoms with Crippen molar-refractivity contribution < 1.29 is 0 Å². The molecule has 0 atom stereocenters. The fourth-order valence-corrected chi connectivity index (χ4v) is 9.09. The lowest BCUT2D eigenvalue weighted by atomic mass is 10.0. The van der Waals surface area contributed by atoms with Gasteiger partial charge in [0.05, 0.1) is 0 Å². The molecule has 7 aromatic carbocycles. The van der Waals surface area contributed by atoms with Crippen LogP contribution in [-0.2, 0) is 0 Å². The van der Waals surface area contributed by atoms with Gasteiger partial charge >= 0.3 is 0 Å². The highest BCUT2D eigenvalue weighted by Crippen LogP contribution is 2.40. The highest BCUT2D eigenvalue weighted by atomic mass is 32.1. The van der Waals surface area contributed by atoms with Gasteiger partial charge in [-0.2, -0.15) is 0 Å². The molecule has 50 heavy (non-hydrogen) atoms. The lowest BCUT2D eigenvalue weighted by molar-refractivity contribution is 1.07. The van der Waals surface area contributed by atoms with E-state index in [0.29, 0.717) is 17.5 Å². The van der Waals surface area contributed by atoms with Crippen molar-refractivity contribution in [1.82, 2.24) is 15.0 Å². The summed E-state index contributed by atoms with van der Waals surface area (Å²) >= 11 is 3.68. The van der Waals surface area contributed by atoms with Gasteiger partial charge < -0.3 is 0 Å². The Bertz CT molecular complexity index is 2870. The topological polar surface area (TPSA) is 38.7 Å². The van der Waals surface area contributed by atoms with Crippen LogP contribution in [0.4, 0.5) is 0 Å². The SMILES string of the molecule is c1ccc(-c2cccc(-c3nc(-c4ccccc4)nc(-c4ccc5c(c4)sc4cc(-c6ccc7sc8ccccc8c7c6)ccc45)n3)c2)cc1. The summed E-state index contributed by atoms with van der Waals surface area (Å²) < 4.78 is 5.13. The van der Waals surface area contributed by atoms with E-state index in [2.05, 4.69) is 140 Å². The van der Waals surface area contributed by atoms with Crippen LogP contribution in [0.5, 0.6) is 0 Å². The highest BCUT2D eigenvalue weighted by Gasteiger charge is 2.15. The number of aromatic nitrogens is 3. The van der Waals surface area contributed by atoms with Crippen molar-refractivity contribution in [2.45, 2.75) is 0 Å². The first-order valence-electron chi connectivity index (χ1n) is 16.6. The maximum atomic E-state index is 5.07. The molecule has 3 aromatic heterocycles. The fourth-order valence-electron chi connectivity index (χ4n) is 6.82. The van der Waals surface area contributed by atoms with E-state index in [0.717, 1.165) is 27.8 Å². The van der Waals surface area contributed by atoms with Crippen LogP contribution >= 0.6 is 22.7 Å². The van der Waals surface area contributed by atoms with Gasteiger partial charge in [0.25, 0.3) is 0 Å². The predicted molar refractivity (Wildman–Crippen MR) is 213 cm³/mol. The second kappa shape index (κ2) is 11.8. The number of fused-ring (bicyclic) bond motifs is 6. The van der Waals surface area contributed by atoms with Gasteiger partial charge in [0, 0.05) is 57.0 Å². The molecule has 0 aliphatic heterocycles. The lowest BCUT2D eigenvalue weighted by Gasteiger charge is -2.10. The van der Waals surface area contributed by atoms with E-state index in [1.807, 2.05) is 46.9 Å². The maximum absolute atomic E-state index is 5.07. The molecule has 0 aliphatic rings. The molecule has 234 valence electrons. The van der Waals surface area contributed by atoms with Crippen LogP contribution in [0.15, 0.2) is 164 Å². The zero-order valence-corrected chi connectivity index (χ0v) is 28.4. The molecule has 0 saturated heterocycles. The van der Waals surface area contributed by atoms with Gasteiger partial charge in [-0.3, -0.25) is 0 Å². The van der Waals surface area contributed by atoms with Gasteiger partial charge in [-0.15, -0.1) is 22.7 Å². The molecule has 0 bridgehead atoms. The largest absolute Gasteiger partial charge is 0.208 e. The van der Waals surface area contributed by atoms with Crippen molar-refractivity contribution in [3.8, 4) is 56.4 Å². The number of thiophene rings is 2. The number of hydrogen-bond donors (Lipinski definition) is 0. The number of benzene rings is 7. The first-order valence-corrected chi connectivity index (χ1v) is 18.2. The minimum Gasteiger partial charge on any atom is -0.208 e. The second-order valence-electron chi connectivity index (χ2n) is 12.5. The fraction of sp³-hybridized carbons (Fsp3) is 0. The summed E-state index contributed by atoms with van der Waals surface area (Å²) in [6.07, 6.45) is 0. The Balaban J connectivity index is 1.07. The first kappa shape index (κ1) is 29.0. The quantitative estimate of drug-likeness (QED) is 0.182. The monoisotopic (exact) mass is 673 g/mol. The summed E-state index contributed by atoms with van der Waals surface area (Å²) in [7, 11) is 0. The third kappa shape index (κ3) is 5.07. The van der Waals surface area contributed by atoms with E-state index in [1.54, 1.807) is 0 Å². The molecule has 10 aromatic rings. The van der Waals surface area contributed by atoms with Crippen LogP contribution in [0.1, 0.15) is 0 Å². The van der Waals surface area contributed by atoms with Gasteiger partial charge in [-0.1, -0.05) is 127 Å². The van der Waals surface area contributed by atoms with E-state index in [4.69, 9.17) is 15.0 Å². The van der Waals surface area contributed by atoms with Crippen LogP contribution < -0.4 is 0 Å². The van der Waals surface area contributed by atoms with Crippen molar-refractivity contribution in [3.05, 3.63) is 164 Å². The molecule has 3 nitrogen and oxygen atoms in total. The summed E-state index contributed by atoms with van der Waals surface area (Å²) in [6.45, 7) is 0. The number of rotatable bonds is 5. The molecule has 10 rings (SSSR count). The zero-order chi connectivity index (χ0) is 33.0. The molecule has 0 spiro atoms. The Kier molecular flexibility index (Phi) is 6.86. The third-order valence-electron chi connectivity index (χ3n) is 9.34. The van der Waals surface area contributed by atoms with Gasteiger partial charge in [0.15, 0.2) is 17.5 Å². The van der Waals surface area contributed by atoms with Gasteiger partial charge in [0.2, 0.25) is 0 Å². The highest BCUT2D eigenvalue weighted by molar-refractivity contribution is 7.26. The van der Waals surface area contributed by atoms with Crippen molar-refractivity contribution in [3.63, 3.8) is 0 Å². The lowest BCUT2D eigenvalue weighted by Crippen LogP contribution is -2.00. The summed E-state index contributed by atoms with van der Waals surface area (Å²) in [6, 6.07) is 58.0. The molecule has 0 radical (unpaired) electrons. The average molecular weight is 674 g/mol. The Morgan fingerprint density at radius 3 is 1.48 bits per heavy atom. The molecule has 0 fully saturated rings. The van der Waals surface area contributed by atoms with Gasteiger partial charge in [-0.05, 0) is 58.7 Å². The Morgan fingerprint density at radius 2 is 0.720 bits per heavy atom. The summed E-state index contributed by atoms with van der Waals surface area (Å²) in [5.41, 5.74) is 7.64. The number of hydrogen-bond acceptors (Lipinski definition) is 5. The summed E-state index contributed by atoms with van der Waals surface area (Å²) in [5, 5.41) is 5.15. The summed E-state index contributed by atoms with van der Waals surface area (Å²) in [5.74, 6) is 1.98. The molecule has 0 N–H and O–H groups in total. The van der Waals surface area contributed by atoms with Crippen LogP contribution in [-0.4, -0.2) is 15.0 Å². The molecular weight excluding hydrogens is 647 g/mol. The Hall–Kier alpha value is -6.01. The smallest absolute Gasteiger partial charge is 0.164 e. The van der Waals surface area contributed by atoms with Crippen molar-refractivity contribution >= 4 is 63.0 Å². The molecule has 0 amide bonds. The molecule has 5 heteroatoms. The normalized spacial score (nSPS) is 11.6. The van der Waals surface area contributed by atoms with Crippen molar-refractivity contribution in [2.75, 3.05) is 0 Å². The molecule has 0 aliphatic carbocycles. The maximum Gasteiger partial charge on any atom is 0.164 e. The standard InChI is InChI=1S/C45H27N3S2/c1-3-10-28(11-4-1)30-14-9-15-33(24-30)44-46-43(29-12-5-2-6-13-29)47-45(48-44)34-19-22-37-36-21-18-32(26-41(36)50-42(37)27-34)31-20-23-40-38(25-31)35-16-7-8-17-39(35)49-40/h1-27H. The third-order valence-corrected chi connectivity index (χ3v) is 11.6. The van der Waals surface area contributed by atoms with Crippen LogP contribution in [0, 0.1) is 0 Å². The van der Waals surface area contributed by atoms with E-state index >= 15 is 0 Å². The van der Waals surface area contributed by atoms with Crippen molar-refractivity contribution in [1.29, 1.82) is 0 Å². The zero-order valence-electron chi connectivity index (χ0n) is 26.7. The Labute approximate surface area is 296 Å². The van der Waals surface area contributed by atoms with Crippen LogP contribution in [0.2, 0.25) is 0 Å². The minimum atomic E-state index is 0.656. The van der Waals surface area contributed by atoms with Crippen molar-refractivity contribution in [2.24, 2.45) is 0 Å². The predicted octanol–water partition coefficient (Wildman–Crippen LogP) is 12.9. The first-order chi connectivity index (χ1) is 24.7. The van der Waals surface area contributed by atoms with E-state index in [1.165, 1.54) is 51.5 Å². The minimum absolute atomic E-state index is 0.656. The molecule has 0 unspecified atom stereocenters. The average Bonchev–Trinajstić information content (AvgIpc) is 3.75. The van der Waals surface area contributed by atoms with Gasteiger partial charge in [-0.25, -0.2) is 15.0 Å². The van der Waals surface area contributed by atoms with Crippen LogP contribution in [0.25, 0.3) is 96.8 Å². The Morgan fingerprint density at radius 1 is 0.260 bits per heavy atom. The summed E-state index contributed by atoms with van der Waals surface area (Å²) in [4.78, 5) is 15.1. The number of nitrogens with zero attached hydrogens (tertiary/aromatic N) is 3. The molecule has 3 heterocycles. The van der Waals surface area contributed by atoms with E-state index in [-0.39, 0.29) is 0 Å². The molecule has 0 saturated carbocycles. The second-order valence-corrected chi connectivity index (χ2v) is 14.6. The molecular formula is C45H27N3S2.